The summed E-state index contributed by atoms with van der Waals surface area (Å²) >= 11 is 0. The molecule has 0 saturated carbocycles. The summed E-state index contributed by atoms with van der Waals surface area (Å²) in [7, 11) is -0.551. The van der Waals surface area contributed by atoms with E-state index in [0.29, 0.717) is 12.2 Å². The summed E-state index contributed by atoms with van der Waals surface area (Å²) in [6, 6.07) is 0. The average molecular weight is 306 g/mol. The standard InChI is InChI=1S/C15H30O4S/c1-12(2)15(17)19-11-14(16)10-18-8-7-9-20(5,6)13(3)4/h13-14,16H,1,7-11H2,2-6H3. The zero-order valence-electron chi connectivity index (χ0n) is 13.5. The maximum atomic E-state index is 11.1. The molecule has 0 aromatic rings. The van der Waals surface area contributed by atoms with E-state index in [-0.39, 0.29) is 13.2 Å². The minimum atomic E-state index is -0.774. The van der Waals surface area contributed by atoms with Crippen LogP contribution in [0.1, 0.15) is 27.2 Å². The van der Waals surface area contributed by atoms with Gasteiger partial charge >= 0.3 is 5.97 Å². The Bertz CT molecular complexity index is 313. The first-order chi connectivity index (χ1) is 9.16. The molecule has 0 aliphatic carbocycles. The second-order valence-electron chi connectivity index (χ2n) is 5.84. The maximum absolute atomic E-state index is 11.1. The lowest BCUT2D eigenvalue weighted by Gasteiger charge is -2.35. The molecule has 0 heterocycles. The number of aliphatic hydroxyl groups is 1. The number of rotatable bonds is 10. The molecule has 0 bridgehead atoms. The van der Waals surface area contributed by atoms with Gasteiger partial charge in [-0.3, -0.25) is 0 Å². The van der Waals surface area contributed by atoms with Gasteiger partial charge in [-0.15, -0.1) is 0 Å². The summed E-state index contributed by atoms with van der Waals surface area (Å²) in [5.41, 5.74) is 0.331. The quantitative estimate of drug-likeness (QED) is 0.382. The predicted molar refractivity (Wildman–Crippen MR) is 86.7 cm³/mol. The fourth-order valence-corrected chi connectivity index (χ4v) is 2.66. The number of carbonyl (C=O) groups is 1. The van der Waals surface area contributed by atoms with E-state index in [9.17, 15) is 9.90 Å². The van der Waals surface area contributed by atoms with E-state index in [1.165, 1.54) is 5.75 Å². The third-order valence-electron chi connectivity index (χ3n) is 3.30. The molecule has 0 radical (unpaired) electrons. The number of carbonyl (C=O) groups excluding carboxylic acids is 1. The number of aliphatic hydroxyl groups excluding tert-OH is 1. The van der Waals surface area contributed by atoms with E-state index in [1.807, 2.05) is 0 Å². The van der Waals surface area contributed by atoms with Crippen molar-refractivity contribution in [3.8, 4) is 0 Å². The Morgan fingerprint density at radius 2 is 1.90 bits per heavy atom. The molecule has 0 saturated heterocycles. The Balaban J connectivity index is 3.65. The SMILES string of the molecule is C=C(C)C(=O)OCC(O)COCCCS(C)(C)C(C)C. The minimum Gasteiger partial charge on any atom is -0.460 e. The molecule has 120 valence electrons. The highest BCUT2D eigenvalue weighted by molar-refractivity contribution is 8.33. The molecule has 0 fully saturated rings. The van der Waals surface area contributed by atoms with Gasteiger partial charge < -0.3 is 14.6 Å². The van der Waals surface area contributed by atoms with Crippen LogP contribution in [0, 0.1) is 0 Å². The van der Waals surface area contributed by atoms with Gasteiger partial charge in [0.1, 0.15) is 12.7 Å². The van der Waals surface area contributed by atoms with Gasteiger partial charge in [-0.05, 0) is 36.9 Å². The van der Waals surface area contributed by atoms with Gasteiger partial charge in [-0.25, -0.2) is 14.8 Å². The van der Waals surface area contributed by atoms with Crippen molar-refractivity contribution in [3.63, 3.8) is 0 Å². The molecule has 4 nitrogen and oxygen atoms in total. The highest BCUT2D eigenvalue weighted by atomic mass is 32.3. The van der Waals surface area contributed by atoms with E-state index < -0.39 is 22.1 Å². The van der Waals surface area contributed by atoms with Crippen LogP contribution in [0.15, 0.2) is 12.2 Å². The van der Waals surface area contributed by atoms with E-state index in [2.05, 4.69) is 32.9 Å². The van der Waals surface area contributed by atoms with Crippen molar-refractivity contribution in [1.82, 2.24) is 0 Å². The summed E-state index contributed by atoms with van der Waals surface area (Å²) in [6.45, 7) is 10.3. The van der Waals surface area contributed by atoms with Crippen LogP contribution in [0.2, 0.25) is 0 Å². The smallest absolute Gasteiger partial charge is 0.333 e. The van der Waals surface area contributed by atoms with Crippen molar-refractivity contribution in [2.45, 2.75) is 38.5 Å². The lowest BCUT2D eigenvalue weighted by atomic mass is 10.3. The Morgan fingerprint density at radius 1 is 1.30 bits per heavy atom. The van der Waals surface area contributed by atoms with E-state index >= 15 is 0 Å². The molecule has 20 heavy (non-hydrogen) atoms. The molecule has 0 aromatic carbocycles. The summed E-state index contributed by atoms with van der Waals surface area (Å²) in [5, 5.41) is 10.3. The molecule has 0 aliphatic heterocycles. The highest BCUT2D eigenvalue weighted by Crippen LogP contribution is 2.45. The largest absolute Gasteiger partial charge is 0.460 e. The van der Waals surface area contributed by atoms with Gasteiger partial charge in [0.05, 0.1) is 6.61 Å². The second-order valence-corrected chi connectivity index (χ2v) is 10.4. The summed E-state index contributed by atoms with van der Waals surface area (Å²) < 4.78 is 10.3. The molecule has 1 atom stereocenters. The average Bonchev–Trinajstić information content (AvgIpc) is 2.34. The van der Waals surface area contributed by atoms with E-state index in [4.69, 9.17) is 9.47 Å². The minimum absolute atomic E-state index is 0.0472. The summed E-state index contributed by atoms with van der Waals surface area (Å²) in [5.74, 6) is 0.692. The highest BCUT2D eigenvalue weighted by Gasteiger charge is 2.15. The molecule has 0 spiro atoms. The molecule has 0 amide bonds. The first kappa shape index (κ1) is 19.5. The van der Waals surface area contributed by atoms with Crippen molar-refractivity contribution in [2.24, 2.45) is 0 Å². The molecule has 1 N–H and O–H groups in total. The lowest BCUT2D eigenvalue weighted by Crippen LogP contribution is -2.24. The van der Waals surface area contributed by atoms with Crippen LogP contribution in [0.5, 0.6) is 0 Å². The first-order valence-corrected chi connectivity index (χ1v) is 9.63. The van der Waals surface area contributed by atoms with E-state index in [1.54, 1.807) is 6.92 Å². The number of ether oxygens (including phenoxy) is 2. The zero-order valence-corrected chi connectivity index (χ0v) is 14.3. The Labute approximate surface area is 124 Å². The van der Waals surface area contributed by atoms with Crippen LogP contribution in [-0.4, -0.2) is 60.5 Å². The van der Waals surface area contributed by atoms with Crippen LogP contribution >= 0.6 is 10.0 Å². The molecule has 1 unspecified atom stereocenters. The molecular formula is C15H30O4S. The third-order valence-corrected chi connectivity index (χ3v) is 7.19. The Kier molecular flexibility index (Phi) is 9.18. The number of hydrogen-bond acceptors (Lipinski definition) is 4. The Morgan fingerprint density at radius 3 is 2.40 bits per heavy atom. The maximum Gasteiger partial charge on any atom is 0.333 e. The van der Waals surface area contributed by atoms with Crippen molar-refractivity contribution >= 4 is 16.0 Å². The fourth-order valence-electron chi connectivity index (χ4n) is 1.33. The van der Waals surface area contributed by atoms with Crippen molar-refractivity contribution in [3.05, 3.63) is 12.2 Å². The monoisotopic (exact) mass is 306 g/mol. The van der Waals surface area contributed by atoms with Gasteiger partial charge in [0, 0.05) is 12.2 Å². The third kappa shape index (κ3) is 8.61. The van der Waals surface area contributed by atoms with Gasteiger partial charge in [0.25, 0.3) is 0 Å². The lowest BCUT2D eigenvalue weighted by molar-refractivity contribution is -0.143. The van der Waals surface area contributed by atoms with Crippen LogP contribution < -0.4 is 0 Å². The van der Waals surface area contributed by atoms with E-state index in [0.717, 1.165) is 11.7 Å². The van der Waals surface area contributed by atoms with Gasteiger partial charge in [-0.2, -0.15) is 0 Å². The van der Waals surface area contributed by atoms with Gasteiger partial charge in [0.2, 0.25) is 0 Å². The van der Waals surface area contributed by atoms with Crippen LogP contribution in [0.25, 0.3) is 0 Å². The molecule has 0 rings (SSSR count). The summed E-state index contributed by atoms with van der Waals surface area (Å²) in [6.07, 6.45) is 4.90. The van der Waals surface area contributed by atoms with Crippen molar-refractivity contribution in [2.75, 3.05) is 38.1 Å². The zero-order chi connectivity index (χ0) is 15.8. The van der Waals surface area contributed by atoms with Gasteiger partial charge in [-0.1, -0.05) is 20.4 Å². The van der Waals surface area contributed by atoms with Crippen LogP contribution in [0.4, 0.5) is 0 Å². The number of esters is 1. The first-order valence-electron chi connectivity index (χ1n) is 6.95. The topological polar surface area (TPSA) is 55.8 Å². The molecular weight excluding hydrogens is 276 g/mol. The Hall–Kier alpha value is -0.520. The second kappa shape index (κ2) is 9.42. The normalized spacial score (nSPS) is 14.2. The fraction of sp³-hybridized carbons (Fsp3) is 0.800. The molecule has 5 heteroatoms. The molecule has 0 aromatic heterocycles. The summed E-state index contributed by atoms with van der Waals surface area (Å²) in [4.78, 5) is 11.1. The van der Waals surface area contributed by atoms with Crippen LogP contribution in [-0.2, 0) is 14.3 Å². The van der Waals surface area contributed by atoms with Crippen molar-refractivity contribution in [1.29, 1.82) is 0 Å². The van der Waals surface area contributed by atoms with Gasteiger partial charge in [0.15, 0.2) is 0 Å². The predicted octanol–water partition coefficient (Wildman–Crippen LogP) is 2.35. The van der Waals surface area contributed by atoms with Crippen LogP contribution in [0.3, 0.4) is 0 Å². The molecule has 0 aliphatic rings. The number of hydrogen-bond donors (Lipinski definition) is 1. The van der Waals surface area contributed by atoms with Crippen molar-refractivity contribution < 1.29 is 19.4 Å².